The third-order valence-corrected chi connectivity index (χ3v) is 1.63. The lowest BCUT2D eigenvalue weighted by Crippen LogP contribution is -1.97. The fourth-order valence-electron chi connectivity index (χ4n) is 0.935. The third-order valence-electron chi connectivity index (χ3n) is 1.63. The minimum Gasteiger partial charge on any atom is -0.361 e. The van der Waals surface area contributed by atoms with Gasteiger partial charge in [-0.3, -0.25) is 0 Å². The summed E-state index contributed by atoms with van der Waals surface area (Å²) in [7, 11) is 0. The second-order valence-electron chi connectivity index (χ2n) is 2.51. The molecule has 1 atom stereocenters. The number of hydrogen-bond acceptors (Lipinski definition) is 3. The second-order valence-corrected chi connectivity index (χ2v) is 2.51. The number of rotatable bonds is 3. The van der Waals surface area contributed by atoms with Gasteiger partial charge in [-0.05, 0) is 13.3 Å². The normalized spacial score (nSPS) is 12.9. The first kappa shape index (κ1) is 7.98. The summed E-state index contributed by atoms with van der Waals surface area (Å²) in [5, 5.41) is 3.75. The Balaban J connectivity index is 2.81. The molecule has 0 aromatic carbocycles. The summed E-state index contributed by atoms with van der Waals surface area (Å²) in [6.45, 7) is 3.76. The summed E-state index contributed by atoms with van der Waals surface area (Å²) in [5.41, 5.74) is 0.736. The van der Waals surface area contributed by atoms with Gasteiger partial charge in [-0.15, -0.1) is 0 Å². The molecule has 3 heteroatoms. The molecule has 0 saturated carbocycles. The highest BCUT2D eigenvalue weighted by molar-refractivity contribution is 5.60. The van der Waals surface area contributed by atoms with Crippen molar-refractivity contribution in [2.45, 2.75) is 26.2 Å². The quantitative estimate of drug-likeness (QED) is 0.620. The SMILES string of the molecule is CCC(C=O)c1cc(C)on1. The van der Waals surface area contributed by atoms with E-state index in [1.54, 1.807) is 6.07 Å². The predicted octanol–water partition coefficient (Wildman–Crippen LogP) is 1.68. The van der Waals surface area contributed by atoms with Crippen molar-refractivity contribution in [3.05, 3.63) is 17.5 Å². The van der Waals surface area contributed by atoms with E-state index < -0.39 is 0 Å². The maximum Gasteiger partial charge on any atom is 0.133 e. The average molecular weight is 153 g/mol. The minimum absolute atomic E-state index is 0.104. The van der Waals surface area contributed by atoms with E-state index >= 15 is 0 Å². The predicted molar refractivity (Wildman–Crippen MR) is 40.3 cm³/mol. The van der Waals surface area contributed by atoms with Crippen LogP contribution in [0.3, 0.4) is 0 Å². The molecule has 3 nitrogen and oxygen atoms in total. The number of aromatic nitrogens is 1. The molecule has 0 spiro atoms. The third kappa shape index (κ3) is 1.67. The second kappa shape index (κ2) is 3.32. The Morgan fingerprint density at radius 2 is 2.55 bits per heavy atom. The van der Waals surface area contributed by atoms with Crippen LogP contribution < -0.4 is 0 Å². The highest BCUT2D eigenvalue weighted by atomic mass is 16.5. The molecular formula is C8H11NO2. The molecule has 0 aliphatic heterocycles. The van der Waals surface area contributed by atoms with Crippen LogP contribution in [0.4, 0.5) is 0 Å². The Bertz CT molecular complexity index is 242. The largest absolute Gasteiger partial charge is 0.361 e. The first-order chi connectivity index (χ1) is 5.27. The number of carbonyl (C=O) groups excluding carboxylic acids is 1. The van der Waals surface area contributed by atoms with Gasteiger partial charge >= 0.3 is 0 Å². The molecule has 1 heterocycles. The summed E-state index contributed by atoms with van der Waals surface area (Å²) >= 11 is 0. The Morgan fingerprint density at radius 1 is 1.82 bits per heavy atom. The van der Waals surface area contributed by atoms with Gasteiger partial charge in [0.15, 0.2) is 0 Å². The van der Waals surface area contributed by atoms with E-state index in [4.69, 9.17) is 4.52 Å². The number of carbonyl (C=O) groups is 1. The van der Waals surface area contributed by atoms with Crippen molar-refractivity contribution < 1.29 is 9.32 Å². The van der Waals surface area contributed by atoms with Gasteiger partial charge in [0.1, 0.15) is 12.0 Å². The lowest BCUT2D eigenvalue weighted by atomic mass is 10.0. The highest BCUT2D eigenvalue weighted by Gasteiger charge is 2.11. The molecule has 0 aliphatic rings. The molecule has 0 radical (unpaired) electrons. The summed E-state index contributed by atoms with van der Waals surface area (Å²) in [5.74, 6) is 0.646. The molecule has 60 valence electrons. The van der Waals surface area contributed by atoms with E-state index in [0.717, 1.165) is 24.2 Å². The first-order valence-electron chi connectivity index (χ1n) is 3.66. The van der Waals surface area contributed by atoms with Crippen molar-refractivity contribution in [2.75, 3.05) is 0 Å². The van der Waals surface area contributed by atoms with Crippen LogP contribution in [-0.2, 0) is 4.79 Å². The van der Waals surface area contributed by atoms with Gasteiger partial charge in [0.05, 0.1) is 11.6 Å². The Hall–Kier alpha value is -1.12. The Kier molecular flexibility index (Phi) is 2.41. The molecule has 0 bridgehead atoms. The van der Waals surface area contributed by atoms with Gasteiger partial charge in [-0.25, -0.2) is 0 Å². The monoisotopic (exact) mass is 153 g/mol. The highest BCUT2D eigenvalue weighted by Crippen LogP contribution is 2.15. The van der Waals surface area contributed by atoms with Crippen molar-refractivity contribution >= 4 is 6.29 Å². The smallest absolute Gasteiger partial charge is 0.133 e. The Morgan fingerprint density at radius 3 is 2.91 bits per heavy atom. The summed E-state index contributed by atoms with van der Waals surface area (Å²) in [6, 6.07) is 1.79. The maximum absolute atomic E-state index is 10.5. The first-order valence-corrected chi connectivity index (χ1v) is 3.66. The van der Waals surface area contributed by atoms with E-state index in [1.165, 1.54) is 0 Å². The van der Waals surface area contributed by atoms with Crippen LogP contribution in [0.2, 0.25) is 0 Å². The van der Waals surface area contributed by atoms with E-state index in [9.17, 15) is 4.79 Å². The van der Waals surface area contributed by atoms with Crippen molar-refractivity contribution in [3.8, 4) is 0 Å². The summed E-state index contributed by atoms with van der Waals surface area (Å²) in [6.07, 6.45) is 1.67. The summed E-state index contributed by atoms with van der Waals surface area (Å²) in [4.78, 5) is 10.5. The van der Waals surface area contributed by atoms with Crippen molar-refractivity contribution in [1.82, 2.24) is 5.16 Å². The van der Waals surface area contributed by atoms with Gasteiger partial charge in [-0.2, -0.15) is 0 Å². The molecule has 0 fully saturated rings. The van der Waals surface area contributed by atoms with Crippen molar-refractivity contribution in [3.63, 3.8) is 0 Å². The lowest BCUT2D eigenvalue weighted by Gasteiger charge is -1.98. The molecule has 1 aromatic heterocycles. The summed E-state index contributed by atoms with van der Waals surface area (Å²) < 4.78 is 4.84. The van der Waals surface area contributed by atoms with Crippen LogP contribution in [0.5, 0.6) is 0 Å². The van der Waals surface area contributed by atoms with Gasteiger partial charge in [-0.1, -0.05) is 12.1 Å². The van der Waals surface area contributed by atoms with Crippen molar-refractivity contribution in [2.24, 2.45) is 0 Å². The topological polar surface area (TPSA) is 43.1 Å². The molecule has 1 aromatic rings. The van der Waals surface area contributed by atoms with Gasteiger partial charge in [0.25, 0.3) is 0 Å². The maximum atomic E-state index is 10.5. The van der Waals surface area contributed by atoms with Gasteiger partial charge in [0, 0.05) is 6.07 Å². The molecule has 0 N–H and O–H groups in total. The van der Waals surface area contributed by atoms with Crippen LogP contribution in [0.15, 0.2) is 10.6 Å². The molecule has 0 saturated heterocycles. The van der Waals surface area contributed by atoms with Gasteiger partial charge < -0.3 is 9.32 Å². The van der Waals surface area contributed by atoms with Crippen LogP contribution in [0.1, 0.15) is 30.7 Å². The van der Waals surface area contributed by atoms with E-state index in [-0.39, 0.29) is 5.92 Å². The number of aldehydes is 1. The molecule has 0 aliphatic carbocycles. The van der Waals surface area contributed by atoms with E-state index in [2.05, 4.69) is 5.16 Å². The zero-order valence-electron chi connectivity index (χ0n) is 6.70. The molecular weight excluding hydrogens is 142 g/mol. The Labute approximate surface area is 65.4 Å². The average Bonchev–Trinajstić information content (AvgIpc) is 2.39. The fraction of sp³-hybridized carbons (Fsp3) is 0.500. The zero-order valence-corrected chi connectivity index (χ0v) is 6.70. The van der Waals surface area contributed by atoms with E-state index in [1.807, 2.05) is 13.8 Å². The standard InChI is InChI=1S/C8H11NO2/c1-3-7(5-10)8-4-6(2)11-9-8/h4-5,7H,3H2,1-2H3. The van der Waals surface area contributed by atoms with Crippen LogP contribution in [-0.4, -0.2) is 11.4 Å². The van der Waals surface area contributed by atoms with Crippen LogP contribution in [0.25, 0.3) is 0 Å². The zero-order chi connectivity index (χ0) is 8.27. The number of nitrogens with zero attached hydrogens (tertiary/aromatic N) is 1. The van der Waals surface area contributed by atoms with Gasteiger partial charge in [0.2, 0.25) is 0 Å². The van der Waals surface area contributed by atoms with Crippen LogP contribution in [0, 0.1) is 6.92 Å². The fourth-order valence-corrected chi connectivity index (χ4v) is 0.935. The lowest BCUT2D eigenvalue weighted by molar-refractivity contribution is -0.109. The number of hydrogen-bond donors (Lipinski definition) is 0. The molecule has 1 rings (SSSR count). The number of aryl methyl sites for hydroxylation is 1. The molecule has 1 unspecified atom stereocenters. The molecule has 0 amide bonds. The molecule has 11 heavy (non-hydrogen) atoms. The van der Waals surface area contributed by atoms with E-state index in [0.29, 0.717) is 0 Å². The van der Waals surface area contributed by atoms with Crippen molar-refractivity contribution in [1.29, 1.82) is 0 Å². The van der Waals surface area contributed by atoms with Crippen LogP contribution >= 0.6 is 0 Å². The minimum atomic E-state index is -0.104.